The lowest BCUT2D eigenvalue weighted by atomic mass is 10.3. The van der Waals surface area contributed by atoms with Gasteiger partial charge in [-0.15, -0.1) is 0 Å². The molecule has 0 rings (SSSR count). The van der Waals surface area contributed by atoms with Gasteiger partial charge in [0.15, 0.2) is 0 Å². The monoisotopic (exact) mass is 233 g/mol. The molecule has 0 aliphatic heterocycles. The van der Waals surface area contributed by atoms with E-state index in [-0.39, 0.29) is 19.0 Å². The average molecular weight is 233 g/mol. The zero-order valence-corrected chi connectivity index (χ0v) is 9.62. The number of hydrogen-bond acceptors (Lipinski definition) is 5. The van der Waals surface area contributed by atoms with Gasteiger partial charge in [0.1, 0.15) is 6.10 Å². The lowest BCUT2D eigenvalue weighted by Gasteiger charge is -2.12. The van der Waals surface area contributed by atoms with Gasteiger partial charge in [0.2, 0.25) is 5.91 Å². The van der Waals surface area contributed by atoms with E-state index in [1.54, 1.807) is 7.11 Å². The summed E-state index contributed by atoms with van der Waals surface area (Å²) < 4.78 is 9.56. The first kappa shape index (κ1) is 14.8. The minimum Gasteiger partial charge on any atom is -0.383 e. The molecular formula is C9H19N3O4. The predicted octanol–water partition coefficient (Wildman–Crippen LogP) is -2.16. The number of ether oxygens (including phenoxy) is 2. The highest BCUT2D eigenvalue weighted by atomic mass is 16.5. The van der Waals surface area contributed by atoms with Crippen LogP contribution in [0.25, 0.3) is 0 Å². The molecule has 1 unspecified atom stereocenters. The van der Waals surface area contributed by atoms with Gasteiger partial charge < -0.3 is 25.8 Å². The third-order valence-electron chi connectivity index (χ3n) is 1.84. The molecule has 7 heteroatoms. The molecule has 0 bridgehead atoms. The van der Waals surface area contributed by atoms with E-state index in [4.69, 9.17) is 15.2 Å². The molecule has 94 valence electrons. The van der Waals surface area contributed by atoms with Crippen LogP contribution in [0.15, 0.2) is 0 Å². The quantitative estimate of drug-likeness (QED) is 0.414. The summed E-state index contributed by atoms with van der Waals surface area (Å²) in [6, 6.07) is 0. The van der Waals surface area contributed by atoms with Crippen molar-refractivity contribution >= 4 is 11.8 Å². The molecule has 0 spiro atoms. The van der Waals surface area contributed by atoms with Crippen LogP contribution in [0.4, 0.5) is 0 Å². The number of nitrogens with one attached hydrogen (secondary N) is 2. The van der Waals surface area contributed by atoms with Crippen molar-refractivity contribution in [2.24, 2.45) is 5.73 Å². The molecule has 0 aromatic rings. The fourth-order valence-electron chi connectivity index (χ4n) is 0.947. The van der Waals surface area contributed by atoms with E-state index in [0.29, 0.717) is 13.2 Å². The second kappa shape index (κ2) is 9.08. The molecule has 16 heavy (non-hydrogen) atoms. The summed E-state index contributed by atoms with van der Waals surface area (Å²) in [5.74, 6) is -0.677. The van der Waals surface area contributed by atoms with E-state index in [1.165, 1.54) is 7.11 Å². The summed E-state index contributed by atoms with van der Waals surface area (Å²) in [5.41, 5.74) is 5.29. The van der Waals surface area contributed by atoms with E-state index in [9.17, 15) is 9.59 Å². The van der Waals surface area contributed by atoms with Crippen molar-refractivity contribution in [2.75, 3.05) is 40.5 Å². The molecule has 4 N–H and O–H groups in total. The van der Waals surface area contributed by atoms with Crippen LogP contribution < -0.4 is 16.4 Å². The van der Waals surface area contributed by atoms with Crippen LogP contribution in [0.5, 0.6) is 0 Å². The van der Waals surface area contributed by atoms with Gasteiger partial charge in [0.05, 0.1) is 13.2 Å². The van der Waals surface area contributed by atoms with Crippen LogP contribution >= 0.6 is 0 Å². The van der Waals surface area contributed by atoms with Gasteiger partial charge in [0, 0.05) is 27.3 Å². The third kappa shape index (κ3) is 6.33. The Hall–Kier alpha value is -1.18. The van der Waals surface area contributed by atoms with Crippen LogP contribution in [0.2, 0.25) is 0 Å². The molecule has 0 radical (unpaired) electrons. The normalized spacial score (nSPS) is 11.9. The van der Waals surface area contributed by atoms with Gasteiger partial charge in [0.25, 0.3) is 5.91 Å². The van der Waals surface area contributed by atoms with Crippen molar-refractivity contribution in [3.8, 4) is 0 Å². The van der Waals surface area contributed by atoms with E-state index in [2.05, 4.69) is 10.6 Å². The molecule has 0 aromatic heterocycles. The summed E-state index contributed by atoms with van der Waals surface area (Å²) in [6.07, 6.45) is -0.716. The minimum atomic E-state index is -0.716. The van der Waals surface area contributed by atoms with E-state index >= 15 is 0 Å². The van der Waals surface area contributed by atoms with Crippen molar-refractivity contribution in [3.05, 3.63) is 0 Å². The van der Waals surface area contributed by atoms with Gasteiger partial charge in [-0.05, 0) is 0 Å². The van der Waals surface area contributed by atoms with Gasteiger partial charge in [-0.2, -0.15) is 0 Å². The Balaban J connectivity index is 3.70. The van der Waals surface area contributed by atoms with Crippen LogP contribution in [0.1, 0.15) is 0 Å². The molecule has 0 saturated heterocycles. The Morgan fingerprint density at radius 1 is 1.31 bits per heavy atom. The van der Waals surface area contributed by atoms with Crippen LogP contribution in [-0.2, 0) is 19.1 Å². The maximum atomic E-state index is 11.3. The highest BCUT2D eigenvalue weighted by Gasteiger charge is 2.15. The molecule has 0 aromatic carbocycles. The molecule has 0 fully saturated rings. The van der Waals surface area contributed by atoms with Crippen molar-refractivity contribution in [1.82, 2.24) is 10.6 Å². The zero-order chi connectivity index (χ0) is 12.4. The third-order valence-corrected chi connectivity index (χ3v) is 1.84. The summed E-state index contributed by atoms with van der Waals surface area (Å²) >= 11 is 0. The molecule has 0 aliphatic rings. The zero-order valence-electron chi connectivity index (χ0n) is 9.62. The van der Waals surface area contributed by atoms with Crippen LogP contribution in [0, 0.1) is 0 Å². The maximum Gasteiger partial charge on any atom is 0.250 e. The molecule has 1 atom stereocenters. The Labute approximate surface area is 94.6 Å². The topological polar surface area (TPSA) is 103 Å². The summed E-state index contributed by atoms with van der Waals surface area (Å²) in [4.78, 5) is 22.5. The van der Waals surface area contributed by atoms with E-state index < -0.39 is 12.0 Å². The number of methoxy groups -OCH3 is 2. The van der Waals surface area contributed by atoms with Gasteiger partial charge in [-0.25, -0.2) is 0 Å². The fraction of sp³-hybridized carbons (Fsp3) is 0.778. The number of carbonyl (C=O) groups excluding carboxylic acids is 2. The Bertz CT molecular complexity index is 219. The number of hydrogen-bond donors (Lipinski definition) is 3. The largest absolute Gasteiger partial charge is 0.383 e. The Kier molecular flexibility index (Phi) is 8.41. The maximum absolute atomic E-state index is 11.3. The molecule has 2 amide bonds. The summed E-state index contributed by atoms with van der Waals surface area (Å²) in [7, 11) is 2.92. The first-order chi connectivity index (χ1) is 7.65. The second-order valence-corrected chi connectivity index (χ2v) is 3.02. The smallest absolute Gasteiger partial charge is 0.250 e. The first-order valence-electron chi connectivity index (χ1n) is 4.91. The first-order valence-corrected chi connectivity index (χ1v) is 4.91. The van der Waals surface area contributed by atoms with Crippen molar-refractivity contribution in [2.45, 2.75) is 6.10 Å². The van der Waals surface area contributed by atoms with Crippen molar-refractivity contribution in [3.63, 3.8) is 0 Å². The number of amides is 2. The lowest BCUT2D eigenvalue weighted by molar-refractivity contribution is -0.132. The second-order valence-electron chi connectivity index (χ2n) is 3.02. The standard InChI is InChI=1S/C9H19N3O4/c1-15-4-3-11-8(13)6-12-9(14)7(5-10)16-2/h7H,3-6,10H2,1-2H3,(H,11,13)(H,12,14). The lowest BCUT2D eigenvalue weighted by Crippen LogP contribution is -2.45. The number of nitrogens with two attached hydrogens (primary N) is 1. The van der Waals surface area contributed by atoms with Crippen molar-refractivity contribution < 1.29 is 19.1 Å². The summed E-state index contributed by atoms with van der Waals surface area (Å²) in [6.45, 7) is 0.828. The minimum absolute atomic E-state index is 0.0770. The average Bonchev–Trinajstić information content (AvgIpc) is 2.28. The molecule has 7 nitrogen and oxygen atoms in total. The SMILES string of the molecule is COCCNC(=O)CNC(=O)C(CN)OC. The van der Waals surface area contributed by atoms with Crippen LogP contribution in [-0.4, -0.2) is 58.4 Å². The Morgan fingerprint density at radius 3 is 2.50 bits per heavy atom. The number of rotatable bonds is 8. The van der Waals surface area contributed by atoms with Gasteiger partial charge in [-0.3, -0.25) is 9.59 Å². The molecule has 0 saturated carbocycles. The highest BCUT2D eigenvalue weighted by molar-refractivity contribution is 5.86. The summed E-state index contributed by atoms with van der Waals surface area (Å²) in [5, 5.41) is 4.98. The van der Waals surface area contributed by atoms with Gasteiger partial charge in [-0.1, -0.05) is 0 Å². The van der Waals surface area contributed by atoms with Crippen LogP contribution in [0.3, 0.4) is 0 Å². The van der Waals surface area contributed by atoms with E-state index in [0.717, 1.165) is 0 Å². The molecular weight excluding hydrogens is 214 g/mol. The van der Waals surface area contributed by atoms with Gasteiger partial charge >= 0.3 is 0 Å². The Morgan fingerprint density at radius 2 is 2.00 bits per heavy atom. The highest BCUT2D eigenvalue weighted by Crippen LogP contribution is 1.85. The predicted molar refractivity (Wildman–Crippen MR) is 57.7 cm³/mol. The fourth-order valence-corrected chi connectivity index (χ4v) is 0.947. The van der Waals surface area contributed by atoms with Crippen molar-refractivity contribution in [1.29, 1.82) is 0 Å². The molecule has 0 heterocycles. The molecule has 0 aliphatic carbocycles. The number of carbonyl (C=O) groups is 2. The van der Waals surface area contributed by atoms with E-state index in [1.807, 2.05) is 0 Å².